The van der Waals surface area contributed by atoms with Gasteiger partial charge in [0.2, 0.25) is 0 Å². The van der Waals surface area contributed by atoms with Crippen LogP contribution in [0.1, 0.15) is 39.2 Å². The Labute approximate surface area is 138 Å². The number of amides is 1. The number of hydrogen-bond donors (Lipinski definition) is 2. The topological polar surface area (TPSA) is 64.2 Å². The first-order chi connectivity index (χ1) is 10.9. The van der Waals surface area contributed by atoms with Crippen LogP contribution >= 0.6 is 0 Å². The number of nitrogens with one attached hydrogen (secondary N) is 1. The van der Waals surface area contributed by atoms with Gasteiger partial charge in [-0.05, 0) is 57.9 Å². The molecule has 0 bridgehead atoms. The number of rotatable bonds is 7. The molecule has 0 aliphatic carbocycles. The average molecular weight is 321 g/mol. The third-order valence-electron chi connectivity index (χ3n) is 3.64. The summed E-state index contributed by atoms with van der Waals surface area (Å²) >= 11 is 0. The van der Waals surface area contributed by atoms with E-state index < -0.39 is 0 Å². The lowest BCUT2D eigenvalue weighted by molar-refractivity contribution is -0.676. The molecule has 1 heterocycles. The van der Waals surface area contributed by atoms with E-state index in [1.165, 1.54) is 18.4 Å². The van der Waals surface area contributed by atoms with E-state index in [0.717, 1.165) is 25.4 Å². The summed E-state index contributed by atoms with van der Waals surface area (Å²) in [4.78, 5) is 11.7. The largest absolute Gasteiger partial charge is 0.484 e. The molecule has 1 fully saturated rings. The van der Waals surface area contributed by atoms with Gasteiger partial charge < -0.3 is 20.1 Å². The molecule has 0 spiro atoms. The monoisotopic (exact) mass is 321 g/mol. The Morgan fingerprint density at radius 3 is 2.70 bits per heavy atom. The first-order valence-corrected chi connectivity index (χ1v) is 8.38. The number of carbonyl (C=O) groups is 1. The molecule has 128 valence electrons. The van der Waals surface area contributed by atoms with Crippen LogP contribution in [-0.4, -0.2) is 37.3 Å². The van der Waals surface area contributed by atoms with E-state index >= 15 is 0 Å². The summed E-state index contributed by atoms with van der Waals surface area (Å²) in [7, 11) is 0. The van der Waals surface area contributed by atoms with Crippen molar-refractivity contribution in [2.75, 3.05) is 19.8 Å². The van der Waals surface area contributed by atoms with Gasteiger partial charge in [0.1, 0.15) is 24.9 Å². The lowest BCUT2D eigenvalue weighted by Gasteiger charge is -2.20. The maximum atomic E-state index is 11.7. The van der Waals surface area contributed by atoms with E-state index in [1.54, 1.807) is 0 Å². The van der Waals surface area contributed by atoms with Crippen LogP contribution in [0.2, 0.25) is 0 Å². The number of benzene rings is 1. The SMILES string of the molecule is CC(C)(C)NC(=O)COc1ccc(C[NH2+]C[C@@H]2CCCO2)cc1. The summed E-state index contributed by atoms with van der Waals surface area (Å²) in [6.45, 7) is 8.76. The predicted octanol–water partition coefficient (Wildman–Crippen LogP) is 1.22. The van der Waals surface area contributed by atoms with E-state index in [9.17, 15) is 4.79 Å². The van der Waals surface area contributed by atoms with Gasteiger partial charge in [0, 0.05) is 17.7 Å². The van der Waals surface area contributed by atoms with Crippen LogP contribution in [0, 0.1) is 0 Å². The molecule has 3 N–H and O–H groups in total. The van der Waals surface area contributed by atoms with Crippen LogP contribution in [0.5, 0.6) is 5.75 Å². The molecule has 1 aromatic carbocycles. The number of quaternary nitrogens is 1. The smallest absolute Gasteiger partial charge is 0.258 e. The first kappa shape index (κ1) is 17.8. The van der Waals surface area contributed by atoms with Crippen molar-refractivity contribution in [3.8, 4) is 5.75 Å². The van der Waals surface area contributed by atoms with Gasteiger partial charge in [-0.2, -0.15) is 0 Å². The first-order valence-electron chi connectivity index (χ1n) is 8.38. The van der Waals surface area contributed by atoms with Gasteiger partial charge >= 0.3 is 0 Å². The van der Waals surface area contributed by atoms with Crippen molar-refractivity contribution in [1.29, 1.82) is 0 Å². The van der Waals surface area contributed by atoms with Gasteiger partial charge in [0.05, 0.1) is 0 Å². The summed E-state index contributed by atoms with van der Waals surface area (Å²) in [5.74, 6) is 0.614. The van der Waals surface area contributed by atoms with Crippen LogP contribution in [0.4, 0.5) is 0 Å². The maximum absolute atomic E-state index is 11.7. The van der Waals surface area contributed by atoms with E-state index in [4.69, 9.17) is 9.47 Å². The molecule has 1 aliphatic heterocycles. The molecule has 5 nitrogen and oxygen atoms in total. The Balaban J connectivity index is 1.68. The quantitative estimate of drug-likeness (QED) is 0.794. The maximum Gasteiger partial charge on any atom is 0.258 e. The van der Waals surface area contributed by atoms with Gasteiger partial charge in [-0.15, -0.1) is 0 Å². The van der Waals surface area contributed by atoms with Crippen molar-refractivity contribution >= 4 is 5.91 Å². The zero-order chi connectivity index (χ0) is 16.7. The zero-order valence-corrected chi connectivity index (χ0v) is 14.4. The molecule has 0 aromatic heterocycles. The summed E-state index contributed by atoms with van der Waals surface area (Å²) in [6.07, 6.45) is 2.78. The standard InChI is InChI=1S/C18H28N2O3/c1-18(2,3)20-17(21)13-23-15-8-6-14(7-9-15)11-19-12-16-5-4-10-22-16/h6-9,16,19H,4-5,10-13H2,1-3H3,(H,20,21)/p+1/t16-/m0/s1. The van der Waals surface area contributed by atoms with Crippen molar-refractivity contribution < 1.29 is 19.6 Å². The minimum Gasteiger partial charge on any atom is -0.484 e. The van der Waals surface area contributed by atoms with Gasteiger partial charge in [-0.3, -0.25) is 4.79 Å². The lowest BCUT2D eigenvalue weighted by atomic mass is 10.1. The van der Waals surface area contributed by atoms with Gasteiger partial charge in [-0.25, -0.2) is 0 Å². The molecule has 1 atom stereocenters. The Bertz CT molecular complexity index is 488. The van der Waals surface area contributed by atoms with Crippen LogP contribution in [0.15, 0.2) is 24.3 Å². The van der Waals surface area contributed by atoms with Gasteiger partial charge in [0.15, 0.2) is 6.61 Å². The second kappa shape index (κ2) is 8.31. The Hall–Kier alpha value is -1.59. The fraction of sp³-hybridized carbons (Fsp3) is 0.611. The molecule has 23 heavy (non-hydrogen) atoms. The minimum absolute atomic E-state index is 0.0434. The Kier molecular flexibility index (Phi) is 6.42. The van der Waals surface area contributed by atoms with Crippen LogP contribution < -0.4 is 15.4 Å². The molecule has 1 amide bonds. The third kappa shape index (κ3) is 7.01. The van der Waals surface area contributed by atoms with Crippen LogP contribution in [0.25, 0.3) is 0 Å². The van der Waals surface area contributed by atoms with Crippen molar-refractivity contribution in [3.05, 3.63) is 29.8 Å². The van der Waals surface area contributed by atoms with E-state index in [-0.39, 0.29) is 18.1 Å². The van der Waals surface area contributed by atoms with Crippen LogP contribution in [0.3, 0.4) is 0 Å². The number of hydrogen-bond acceptors (Lipinski definition) is 3. The molecule has 1 saturated heterocycles. The molecular formula is C18H29N2O3+. The lowest BCUT2D eigenvalue weighted by Crippen LogP contribution is -2.84. The minimum atomic E-state index is -0.233. The van der Waals surface area contributed by atoms with Gasteiger partial charge in [-0.1, -0.05) is 0 Å². The summed E-state index contributed by atoms with van der Waals surface area (Å²) in [5.41, 5.74) is 1.01. The van der Waals surface area contributed by atoms with Crippen molar-refractivity contribution in [2.45, 2.75) is 51.8 Å². The fourth-order valence-corrected chi connectivity index (χ4v) is 2.59. The van der Waals surface area contributed by atoms with Crippen LogP contribution in [-0.2, 0) is 16.1 Å². The molecular weight excluding hydrogens is 292 g/mol. The highest BCUT2D eigenvalue weighted by Crippen LogP contribution is 2.12. The zero-order valence-electron chi connectivity index (χ0n) is 14.4. The average Bonchev–Trinajstić information content (AvgIpc) is 2.98. The molecule has 0 unspecified atom stereocenters. The third-order valence-corrected chi connectivity index (χ3v) is 3.64. The molecule has 0 radical (unpaired) electrons. The van der Waals surface area contributed by atoms with E-state index in [0.29, 0.717) is 6.10 Å². The molecule has 0 saturated carbocycles. The Morgan fingerprint density at radius 2 is 2.09 bits per heavy atom. The predicted molar refractivity (Wildman–Crippen MR) is 89.3 cm³/mol. The fourth-order valence-electron chi connectivity index (χ4n) is 2.59. The van der Waals surface area contributed by atoms with Crippen molar-refractivity contribution in [2.24, 2.45) is 0 Å². The second-order valence-electron chi connectivity index (χ2n) is 7.09. The highest BCUT2D eigenvalue weighted by Gasteiger charge is 2.16. The molecule has 1 aromatic rings. The summed E-state index contributed by atoms with van der Waals surface area (Å²) in [6, 6.07) is 7.92. The highest BCUT2D eigenvalue weighted by molar-refractivity contribution is 5.78. The number of ether oxygens (including phenoxy) is 2. The van der Waals surface area contributed by atoms with E-state index in [1.807, 2.05) is 45.0 Å². The number of carbonyl (C=O) groups excluding carboxylic acids is 1. The second-order valence-corrected chi connectivity index (χ2v) is 7.09. The Morgan fingerprint density at radius 1 is 1.35 bits per heavy atom. The highest BCUT2D eigenvalue weighted by atomic mass is 16.5. The molecule has 2 rings (SSSR count). The van der Waals surface area contributed by atoms with Crippen molar-refractivity contribution in [3.63, 3.8) is 0 Å². The molecule has 5 heteroatoms. The van der Waals surface area contributed by atoms with E-state index in [2.05, 4.69) is 10.6 Å². The molecule has 1 aliphatic rings. The normalized spacial score (nSPS) is 18.0. The number of nitrogens with two attached hydrogens (primary N) is 1. The van der Waals surface area contributed by atoms with Crippen molar-refractivity contribution in [1.82, 2.24) is 5.32 Å². The van der Waals surface area contributed by atoms with Gasteiger partial charge in [0.25, 0.3) is 5.91 Å². The summed E-state index contributed by atoms with van der Waals surface area (Å²) < 4.78 is 11.1. The summed E-state index contributed by atoms with van der Waals surface area (Å²) in [5, 5.41) is 5.15.